The fourth-order valence-corrected chi connectivity index (χ4v) is 12.8. The molecule has 0 bridgehead atoms. The van der Waals surface area contributed by atoms with Crippen LogP contribution in [0.4, 0.5) is 10.5 Å². The highest BCUT2D eigenvalue weighted by Gasteiger charge is 2.76. The fraction of sp³-hybridized carbons (Fsp3) is 0.262. The SMILES string of the molecule is C[C@@H](NC(=O)N1C(=O)[C@@]2(c3cc(C#CCn4nnc5ccccc54)ccc31)[C@H](C(=O)N1CCN(Cc3ccc4c(c3)OCO4)CC1)[C@H]1C(=O)O[C@H](c3ccccc3)[C@H](c3ccccc3)N1[C@@H]2c1cccc(OCCO)c1)c1ccccc1. The van der Waals surface area contributed by atoms with Gasteiger partial charge in [0.15, 0.2) is 11.5 Å². The van der Waals surface area contributed by atoms with Crippen LogP contribution in [0.3, 0.4) is 0 Å². The minimum Gasteiger partial charge on any atom is -0.491 e. The lowest BCUT2D eigenvalue weighted by Crippen LogP contribution is -2.59. The van der Waals surface area contributed by atoms with Crippen LogP contribution in [0.25, 0.3) is 11.0 Å². The Labute approximate surface area is 473 Å². The number of aromatic nitrogens is 3. The van der Waals surface area contributed by atoms with Gasteiger partial charge in [0, 0.05) is 38.3 Å². The van der Waals surface area contributed by atoms with Gasteiger partial charge in [-0.3, -0.25) is 24.2 Å². The second-order valence-electron chi connectivity index (χ2n) is 21.2. The average Bonchev–Trinajstić information content (AvgIpc) is 1.83. The highest BCUT2D eigenvalue weighted by atomic mass is 16.7. The summed E-state index contributed by atoms with van der Waals surface area (Å²) in [5.41, 5.74) is 4.40. The van der Waals surface area contributed by atoms with Crippen LogP contribution in [-0.2, 0) is 37.6 Å². The molecule has 0 radical (unpaired) electrons. The lowest BCUT2D eigenvalue weighted by molar-refractivity contribution is -0.179. The van der Waals surface area contributed by atoms with Crippen molar-refractivity contribution in [3.8, 4) is 29.1 Å². The summed E-state index contributed by atoms with van der Waals surface area (Å²) in [5, 5.41) is 21.8. The zero-order chi connectivity index (χ0) is 55.9. The molecular weight excluding hydrogens is 1040 g/mol. The van der Waals surface area contributed by atoms with Crippen molar-refractivity contribution in [3.63, 3.8) is 0 Å². The molecule has 7 aromatic carbocycles. The highest BCUT2D eigenvalue weighted by Crippen LogP contribution is 2.66. The molecule has 0 unspecified atom stereocenters. The summed E-state index contributed by atoms with van der Waals surface area (Å²) >= 11 is 0. The van der Waals surface area contributed by atoms with Gasteiger partial charge < -0.3 is 34.3 Å². The van der Waals surface area contributed by atoms with Crippen LogP contribution < -0.4 is 24.4 Å². The van der Waals surface area contributed by atoms with E-state index in [0.717, 1.165) is 32.6 Å². The molecule has 82 heavy (non-hydrogen) atoms. The van der Waals surface area contributed by atoms with Gasteiger partial charge in [-0.25, -0.2) is 14.4 Å². The molecule has 4 amide bonds. The van der Waals surface area contributed by atoms with E-state index in [9.17, 15) is 5.11 Å². The van der Waals surface area contributed by atoms with E-state index in [1.54, 1.807) is 39.9 Å². The van der Waals surface area contributed by atoms with Crippen molar-refractivity contribution in [1.82, 2.24) is 35.0 Å². The Bertz CT molecular complexity index is 3790. The van der Waals surface area contributed by atoms with Gasteiger partial charge in [-0.05, 0) is 94.9 Å². The van der Waals surface area contributed by atoms with Gasteiger partial charge in [0.2, 0.25) is 18.6 Å². The van der Waals surface area contributed by atoms with Gasteiger partial charge in [-0.15, -0.1) is 5.10 Å². The molecule has 1 spiro atoms. The molecule has 3 fully saturated rings. The van der Waals surface area contributed by atoms with Crippen LogP contribution in [0.5, 0.6) is 17.2 Å². The van der Waals surface area contributed by atoms with E-state index in [-0.39, 0.29) is 45.3 Å². The highest BCUT2D eigenvalue weighted by molar-refractivity contribution is 6.24. The minimum absolute atomic E-state index is 0.0237. The number of nitrogens with zero attached hydrogens (tertiary/aromatic N) is 7. The molecule has 412 valence electrons. The minimum atomic E-state index is -2.04. The number of carbonyl (C=O) groups is 4. The summed E-state index contributed by atoms with van der Waals surface area (Å²) < 4.78 is 25.9. The third-order valence-corrected chi connectivity index (χ3v) is 16.5. The number of fused-ring (bicyclic) bond motifs is 5. The largest absolute Gasteiger partial charge is 0.491 e. The zero-order valence-corrected chi connectivity index (χ0v) is 44.9. The Kier molecular flexibility index (Phi) is 13.9. The number of benzene rings is 7. The number of nitrogens with one attached hydrogen (secondary N) is 1. The van der Waals surface area contributed by atoms with Crippen LogP contribution in [0.2, 0.25) is 0 Å². The Morgan fingerprint density at radius 3 is 2.27 bits per heavy atom. The molecule has 5 aliphatic rings. The van der Waals surface area contributed by atoms with E-state index in [1.165, 1.54) is 0 Å². The van der Waals surface area contributed by atoms with Gasteiger partial charge in [-0.1, -0.05) is 138 Å². The molecule has 5 aliphatic heterocycles. The monoisotopic (exact) mass is 1090 g/mol. The van der Waals surface area contributed by atoms with Gasteiger partial charge in [0.25, 0.3) is 0 Å². The molecule has 17 heteroatoms. The molecule has 1 aromatic heterocycles. The molecule has 0 aliphatic carbocycles. The summed E-state index contributed by atoms with van der Waals surface area (Å²) in [6, 6.07) is 50.0. The van der Waals surface area contributed by atoms with Crippen molar-refractivity contribution in [1.29, 1.82) is 0 Å². The smallest absolute Gasteiger partial charge is 0.329 e. The number of imide groups is 1. The number of cyclic esters (lactones) is 1. The molecule has 17 nitrogen and oxygen atoms in total. The van der Waals surface area contributed by atoms with E-state index in [2.05, 4.69) is 32.4 Å². The molecule has 7 atom stereocenters. The first-order chi connectivity index (χ1) is 40.2. The predicted octanol–water partition coefficient (Wildman–Crippen LogP) is 8.06. The second-order valence-corrected chi connectivity index (χ2v) is 21.2. The number of hydrogen-bond donors (Lipinski definition) is 2. The number of urea groups is 1. The predicted molar refractivity (Wildman–Crippen MR) is 303 cm³/mol. The Morgan fingerprint density at radius 1 is 0.768 bits per heavy atom. The quantitative estimate of drug-likeness (QED) is 0.0887. The first-order valence-corrected chi connectivity index (χ1v) is 27.6. The molecule has 8 aromatic rings. The van der Waals surface area contributed by atoms with Crippen molar-refractivity contribution in [2.75, 3.05) is 51.1 Å². The fourth-order valence-electron chi connectivity index (χ4n) is 12.8. The number of carbonyl (C=O) groups excluding carboxylic acids is 4. The van der Waals surface area contributed by atoms with Crippen LogP contribution >= 0.6 is 0 Å². The van der Waals surface area contributed by atoms with Crippen molar-refractivity contribution in [2.45, 2.75) is 55.7 Å². The maximum absolute atomic E-state index is 17.1. The van der Waals surface area contributed by atoms with Crippen molar-refractivity contribution < 1.29 is 43.2 Å². The number of anilines is 1. The Morgan fingerprint density at radius 2 is 1.49 bits per heavy atom. The molecule has 3 saturated heterocycles. The molecule has 13 rings (SSSR count). The zero-order valence-electron chi connectivity index (χ0n) is 44.9. The third kappa shape index (κ3) is 9.24. The third-order valence-electron chi connectivity index (χ3n) is 16.5. The van der Waals surface area contributed by atoms with Gasteiger partial charge >= 0.3 is 12.0 Å². The molecule has 2 N–H and O–H groups in total. The number of amides is 4. The number of rotatable bonds is 12. The molecule has 6 heterocycles. The maximum Gasteiger partial charge on any atom is 0.329 e. The summed E-state index contributed by atoms with van der Waals surface area (Å²) in [6.45, 7) is 3.98. The van der Waals surface area contributed by atoms with E-state index in [4.69, 9.17) is 18.9 Å². The number of para-hydroxylation sites is 1. The van der Waals surface area contributed by atoms with E-state index in [0.29, 0.717) is 59.1 Å². The topological polar surface area (TPSA) is 181 Å². The summed E-state index contributed by atoms with van der Waals surface area (Å²) in [5.74, 6) is 5.04. The number of ether oxygens (including phenoxy) is 4. The van der Waals surface area contributed by atoms with Crippen LogP contribution in [0.1, 0.15) is 70.1 Å². The average molecular weight is 1100 g/mol. The van der Waals surface area contributed by atoms with Crippen molar-refractivity contribution in [2.24, 2.45) is 5.92 Å². The molecule has 0 saturated carbocycles. The number of aliphatic hydroxyl groups is 1. The van der Waals surface area contributed by atoms with Gasteiger partial charge in [-0.2, -0.15) is 0 Å². The molecular formula is C65H58N8O9. The van der Waals surface area contributed by atoms with Crippen LogP contribution in [-0.4, -0.2) is 111 Å². The standard InChI is InChI=1S/C65H58N8O9/c1-42(45-16-5-2-6-17-45)66-64(78)72-52-28-26-43(15-14-30-71-53-25-12-11-24-51(53)67-68-71)37-50(52)65(63(72)77)56(61(75)70-33-31-69(32-34-70)40-44-27-29-54-55(38-44)81-41-80-54)58-62(76)82-59(47-20-9-4-10-21-47)57(46-18-7-3-8-19-46)73(58)60(65)48-22-13-23-49(39-48)79-36-35-74/h2-13,16-29,37-39,42,56-60,74H,30-36,40-41H2,1H3,(H,66,78)/t42-,56+,57+,58+,59-,60-,65+/m1/s1. The number of morpholine rings is 1. The summed E-state index contributed by atoms with van der Waals surface area (Å²) in [6.07, 6.45) is -0.929. The van der Waals surface area contributed by atoms with Gasteiger partial charge in [0.1, 0.15) is 42.0 Å². The summed E-state index contributed by atoms with van der Waals surface area (Å²) in [4.78, 5) is 72.4. The second kappa shape index (κ2) is 22.0. The van der Waals surface area contributed by atoms with Gasteiger partial charge in [0.05, 0.1) is 41.9 Å². The van der Waals surface area contributed by atoms with E-state index in [1.807, 2.05) is 157 Å². The lowest BCUT2D eigenvalue weighted by atomic mass is 9.64. The van der Waals surface area contributed by atoms with E-state index >= 15 is 19.2 Å². The van der Waals surface area contributed by atoms with Crippen LogP contribution in [0, 0.1) is 17.8 Å². The first-order valence-electron chi connectivity index (χ1n) is 27.6. The number of hydrogen-bond acceptors (Lipinski definition) is 13. The number of aliphatic hydroxyl groups excluding tert-OH is 1. The van der Waals surface area contributed by atoms with Crippen molar-refractivity contribution in [3.05, 3.63) is 215 Å². The maximum atomic E-state index is 17.1. The number of piperazine rings is 1. The lowest BCUT2D eigenvalue weighted by Gasteiger charge is -2.46. The summed E-state index contributed by atoms with van der Waals surface area (Å²) in [7, 11) is 0. The van der Waals surface area contributed by atoms with Crippen LogP contribution in [0.15, 0.2) is 176 Å². The Hall–Kier alpha value is -9.34. The normalized spacial score (nSPS) is 22.3. The first kappa shape index (κ1) is 52.1. The van der Waals surface area contributed by atoms with E-state index < -0.39 is 65.4 Å². The number of esters is 1. The van der Waals surface area contributed by atoms with Crippen molar-refractivity contribution >= 4 is 40.5 Å². The Balaban J connectivity index is 1.01.